The van der Waals surface area contributed by atoms with Crippen LogP contribution >= 0.6 is 0 Å². The van der Waals surface area contributed by atoms with Gasteiger partial charge in [-0.15, -0.1) is 0 Å². The maximum Gasteiger partial charge on any atom is 0.0543 e. The van der Waals surface area contributed by atoms with Crippen LogP contribution in [0.5, 0.6) is 0 Å². The maximum absolute atomic E-state index is 2.70. The van der Waals surface area contributed by atoms with Gasteiger partial charge in [-0.05, 0) is 167 Å². The summed E-state index contributed by atoms with van der Waals surface area (Å²) in [6, 6.07) is 51.7. The Labute approximate surface area is 353 Å². The fraction of sp³-hybridized carbons (Fsp3) is 0.368. The molecule has 2 heterocycles. The highest BCUT2D eigenvalue weighted by molar-refractivity contribution is 5.88. The summed E-state index contributed by atoms with van der Waals surface area (Å²) in [5, 5.41) is 0. The molecule has 6 aromatic rings. The molecule has 0 saturated heterocycles. The molecule has 0 spiro atoms. The van der Waals surface area contributed by atoms with Crippen molar-refractivity contribution >= 4 is 22.7 Å². The largest absolute Gasteiger partial charge is 0.334 e. The van der Waals surface area contributed by atoms with Crippen molar-refractivity contribution in [2.24, 2.45) is 10.8 Å². The van der Waals surface area contributed by atoms with Crippen LogP contribution in [-0.4, -0.2) is 11.1 Å². The lowest BCUT2D eigenvalue weighted by molar-refractivity contribution is 0.101. The Morgan fingerprint density at radius 3 is 1.20 bits per heavy atom. The number of para-hydroxylation sites is 2. The van der Waals surface area contributed by atoms with Gasteiger partial charge < -0.3 is 9.80 Å². The van der Waals surface area contributed by atoms with Gasteiger partial charge in [0.15, 0.2) is 0 Å². The summed E-state index contributed by atoms with van der Waals surface area (Å²) >= 11 is 0. The second-order valence-electron chi connectivity index (χ2n) is 21.0. The van der Waals surface area contributed by atoms with E-state index in [9.17, 15) is 0 Å². The van der Waals surface area contributed by atoms with Gasteiger partial charge in [0, 0.05) is 40.0 Å². The third kappa shape index (κ3) is 4.92. The Bertz CT molecular complexity index is 2470. The fourth-order valence-electron chi connectivity index (χ4n) is 13.3. The molecule has 4 atom stereocenters. The number of fused-ring (bicyclic) bond motifs is 9. The molecule has 2 aliphatic heterocycles. The Balaban J connectivity index is 0.954. The Hall–Kier alpha value is -5.08. The molecule has 6 aromatic carbocycles. The Morgan fingerprint density at radius 2 is 0.797 bits per heavy atom. The summed E-state index contributed by atoms with van der Waals surface area (Å²) < 4.78 is 0. The third-order valence-electron chi connectivity index (χ3n) is 17.3. The van der Waals surface area contributed by atoms with E-state index >= 15 is 0 Å². The summed E-state index contributed by atoms with van der Waals surface area (Å²) in [5.74, 6) is 0.989. The predicted octanol–water partition coefficient (Wildman–Crippen LogP) is 15.7. The molecular weight excluding hydrogens is 713 g/mol. The van der Waals surface area contributed by atoms with Crippen molar-refractivity contribution in [2.75, 3.05) is 9.80 Å². The van der Waals surface area contributed by atoms with E-state index < -0.39 is 0 Å². The molecule has 0 radical (unpaired) electrons. The molecule has 0 N–H and O–H groups in total. The number of benzene rings is 6. The number of anilines is 4. The van der Waals surface area contributed by atoms with Crippen LogP contribution in [0.4, 0.5) is 22.7 Å². The van der Waals surface area contributed by atoms with Crippen molar-refractivity contribution in [1.29, 1.82) is 0 Å². The van der Waals surface area contributed by atoms with Crippen LogP contribution in [0, 0.1) is 10.8 Å². The van der Waals surface area contributed by atoms with Crippen molar-refractivity contribution < 1.29 is 0 Å². The first kappa shape index (κ1) is 37.0. The van der Waals surface area contributed by atoms with Gasteiger partial charge in [-0.25, -0.2) is 0 Å². The van der Waals surface area contributed by atoms with E-state index in [0.717, 1.165) is 0 Å². The zero-order valence-corrected chi connectivity index (χ0v) is 36.5. The first-order valence-electron chi connectivity index (χ1n) is 22.5. The van der Waals surface area contributed by atoms with E-state index in [-0.39, 0.29) is 27.3 Å². The molecule has 59 heavy (non-hydrogen) atoms. The second-order valence-corrected chi connectivity index (χ2v) is 21.0. The van der Waals surface area contributed by atoms with Gasteiger partial charge in [-0.3, -0.25) is 0 Å². The van der Waals surface area contributed by atoms with Crippen LogP contribution in [0.1, 0.15) is 128 Å². The second kappa shape index (κ2) is 12.5. The summed E-state index contributed by atoms with van der Waals surface area (Å²) in [4.78, 5) is 5.40. The zero-order valence-electron chi connectivity index (χ0n) is 36.5. The van der Waals surface area contributed by atoms with Gasteiger partial charge in [0.05, 0.1) is 11.1 Å². The van der Waals surface area contributed by atoms with Gasteiger partial charge >= 0.3 is 0 Å². The van der Waals surface area contributed by atoms with Gasteiger partial charge in [0.2, 0.25) is 0 Å². The minimum Gasteiger partial charge on any atom is -0.334 e. The van der Waals surface area contributed by atoms with E-state index in [4.69, 9.17) is 0 Å². The molecule has 5 aliphatic rings. The van der Waals surface area contributed by atoms with Gasteiger partial charge in [0.25, 0.3) is 0 Å². The van der Waals surface area contributed by atoms with E-state index in [1.54, 1.807) is 0 Å². The van der Waals surface area contributed by atoms with E-state index in [1.807, 2.05) is 0 Å². The molecule has 0 bridgehead atoms. The van der Waals surface area contributed by atoms with E-state index in [0.29, 0.717) is 11.8 Å². The van der Waals surface area contributed by atoms with Crippen LogP contribution in [0.2, 0.25) is 0 Å². The predicted molar refractivity (Wildman–Crippen MR) is 250 cm³/mol. The first-order valence-corrected chi connectivity index (χ1v) is 22.5. The average Bonchev–Trinajstić information content (AvgIpc) is 3.75. The van der Waals surface area contributed by atoms with Crippen molar-refractivity contribution in [1.82, 2.24) is 0 Å². The zero-order chi connectivity index (χ0) is 40.7. The highest BCUT2D eigenvalue weighted by Gasteiger charge is 2.59. The summed E-state index contributed by atoms with van der Waals surface area (Å²) in [5.41, 5.74) is 19.7. The molecule has 2 saturated carbocycles. The highest BCUT2D eigenvalue weighted by atomic mass is 15.3. The summed E-state index contributed by atoms with van der Waals surface area (Å²) in [6.45, 7) is 20.0. The summed E-state index contributed by atoms with van der Waals surface area (Å²) in [6.07, 6.45) is 7.54. The lowest BCUT2D eigenvalue weighted by Gasteiger charge is -2.55. The smallest absolute Gasteiger partial charge is 0.0543 e. The topological polar surface area (TPSA) is 6.48 Å². The van der Waals surface area contributed by atoms with Gasteiger partial charge in [-0.1, -0.05) is 127 Å². The van der Waals surface area contributed by atoms with Crippen molar-refractivity contribution in [2.45, 2.75) is 122 Å². The Kier molecular flexibility index (Phi) is 7.82. The normalized spacial score (nSPS) is 26.4. The maximum atomic E-state index is 2.70. The van der Waals surface area contributed by atoms with Crippen molar-refractivity contribution in [3.05, 3.63) is 156 Å². The minimum atomic E-state index is -0.115. The van der Waals surface area contributed by atoms with Crippen LogP contribution in [-0.2, 0) is 5.41 Å². The fourth-order valence-corrected chi connectivity index (χ4v) is 13.3. The SMILES string of the molecule is CC1(C)c2cc(-c3ccc4c(c3)C3CCCC(C)(C)C3(C)N4c3ccccc3)ccc2-c2ccc(-c3ccc4c(c3)C3CCCC(C)(C)C3(C)N4c3ccccc3)cc21. The standard InChI is InChI=1S/C57H60N2/c1-53(2)31-15-21-47-45-33-37(25-29-51(45)58(56(47,53)7)41-17-11-9-12-18-41)39-23-27-43-44-28-24-40(36-50(44)55(5,6)49(43)35-39)38-26-30-52-46(34-38)48-22-16-32-54(3,4)57(48,8)59(52)42-19-13-10-14-20-42/h9-14,17-20,23-30,33-36,47-48H,15-16,21-22,31-32H2,1-8H3. The Morgan fingerprint density at radius 1 is 0.424 bits per heavy atom. The number of rotatable bonds is 4. The van der Waals surface area contributed by atoms with Gasteiger partial charge in [0.1, 0.15) is 0 Å². The number of hydrogen-bond donors (Lipinski definition) is 0. The lowest BCUT2D eigenvalue weighted by Crippen LogP contribution is -2.56. The van der Waals surface area contributed by atoms with Crippen LogP contribution in [0.25, 0.3) is 33.4 Å². The van der Waals surface area contributed by atoms with E-state index in [2.05, 4.69) is 199 Å². The summed E-state index contributed by atoms with van der Waals surface area (Å²) in [7, 11) is 0. The molecule has 2 fully saturated rings. The quantitative estimate of drug-likeness (QED) is 0.176. The number of hydrogen-bond acceptors (Lipinski definition) is 2. The minimum absolute atomic E-state index is 0.0135. The number of nitrogens with zero attached hydrogens (tertiary/aromatic N) is 2. The molecule has 4 unspecified atom stereocenters. The lowest BCUT2D eigenvalue weighted by atomic mass is 9.58. The van der Waals surface area contributed by atoms with Gasteiger partial charge in [-0.2, -0.15) is 0 Å². The van der Waals surface area contributed by atoms with E-state index in [1.165, 1.54) is 117 Å². The van der Waals surface area contributed by atoms with Crippen molar-refractivity contribution in [3.8, 4) is 33.4 Å². The van der Waals surface area contributed by atoms with Crippen molar-refractivity contribution in [3.63, 3.8) is 0 Å². The third-order valence-corrected chi connectivity index (χ3v) is 17.3. The molecule has 298 valence electrons. The highest BCUT2D eigenvalue weighted by Crippen LogP contribution is 2.65. The van der Waals surface area contributed by atoms with Crippen LogP contribution in [0.15, 0.2) is 133 Å². The molecular formula is C57H60N2. The molecule has 3 aliphatic carbocycles. The average molecular weight is 773 g/mol. The molecule has 0 aromatic heterocycles. The van der Waals surface area contributed by atoms with Crippen LogP contribution in [0.3, 0.4) is 0 Å². The molecule has 11 rings (SSSR count). The monoisotopic (exact) mass is 772 g/mol. The molecule has 0 amide bonds. The molecule has 2 nitrogen and oxygen atoms in total. The molecule has 2 heteroatoms. The van der Waals surface area contributed by atoms with Crippen LogP contribution < -0.4 is 9.80 Å². The first-order chi connectivity index (χ1) is 28.3.